The number of methoxy groups -OCH3 is 1. The summed E-state index contributed by atoms with van der Waals surface area (Å²) in [6.45, 7) is 6.95. The van der Waals surface area contributed by atoms with E-state index in [1.807, 2.05) is 19.1 Å². The molecule has 3 heteroatoms. The number of benzene rings is 1. The van der Waals surface area contributed by atoms with Crippen molar-refractivity contribution in [3.63, 3.8) is 0 Å². The van der Waals surface area contributed by atoms with Crippen molar-refractivity contribution in [3.05, 3.63) is 42.0 Å². The molecule has 1 N–H and O–H groups in total. The number of hydrogen-bond donors (Lipinski definition) is 1. The van der Waals surface area contributed by atoms with Crippen molar-refractivity contribution in [1.29, 1.82) is 0 Å². The summed E-state index contributed by atoms with van der Waals surface area (Å²) in [5.74, 6) is 0.866. The van der Waals surface area contributed by atoms with Crippen molar-refractivity contribution in [3.8, 4) is 5.75 Å². The molecule has 3 rings (SSSR count). The third-order valence-electron chi connectivity index (χ3n) is 5.78. The minimum absolute atomic E-state index is 0.159. The fraction of sp³-hybridized carbons (Fsp3) is 0.556. The van der Waals surface area contributed by atoms with Crippen LogP contribution in [-0.4, -0.2) is 42.4 Å². The van der Waals surface area contributed by atoms with E-state index in [1.54, 1.807) is 7.11 Å². The largest absolute Gasteiger partial charge is 0.497 e. The molecule has 0 radical (unpaired) electrons. The molecule has 2 bridgehead atoms. The lowest BCUT2D eigenvalue weighted by Gasteiger charge is -2.60. The van der Waals surface area contributed by atoms with Gasteiger partial charge in [0.05, 0.1) is 12.7 Å². The van der Waals surface area contributed by atoms with Crippen LogP contribution < -0.4 is 4.74 Å². The molecule has 0 unspecified atom stereocenters. The van der Waals surface area contributed by atoms with Crippen LogP contribution in [0.5, 0.6) is 5.75 Å². The number of fused-ring (bicyclic) bond motifs is 4. The summed E-state index contributed by atoms with van der Waals surface area (Å²) >= 11 is 0. The second kappa shape index (κ2) is 4.85. The Morgan fingerprint density at radius 2 is 2.29 bits per heavy atom. The summed E-state index contributed by atoms with van der Waals surface area (Å²) in [5.41, 5.74) is 1.57. The summed E-state index contributed by atoms with van der Waals surface area (Å²) in [6, 6.07) is 6.46. The Balaban J connectivity index is 2.23. The van der Waals surface area contributed by atoms with Crippen LogP contribution in [0.25, 0.3) is 0 Å². The normalized spacial score (nSPS) is 35.1. The second-order valence-electron chi connectivity index (χ2n) is 6.70. The molecule has 1 aromatic rings. The van der Waals surface area contributed by atoms with Gasteiger partial charge in [-0.2, -0.15) is 0 Å². The SMILES string of the molecule is C=CC[C@]12CCN(C)[C@H](Cc3ccc(OC)cc31)[C@]2(C)O. The van der Waals surface area contributed by atoms with Crippen LogP contribution in [0.2, 0.25) is 0 Å². The Labute approximate surface area is 127 Å². The van der Waals surface area contributed by atoms with E-state index in [4.69, 9.17) is 4.74 Å². The molecule has 114 valence electrons. The van der Waals surface area contributed by atoms with Crippen LogP contribution in [0.1, 0.15) is 30.9 Å². The number of piperidine rings is 1. The van der Waals surface area contributed by atoms with E-state index in [0.29, 0.717) is 0 Å². The van der Waals surface area contributed by atoms with Crippen LogP contribution in [0.4, 0.5) is 0 Å². The Bertz CT molecular complexity index is 566. The van der Waals surface area contributed by atoms with Crippen molar-refractivity contribution in [2.45, 2.75) is 43.2 Å². The van der Waals surface area contributed by atoms with E-state index in [1.165, 1.54) is 11.1 Å². The van der Waals surface area contributed by atoms with Gasteiger partial charge in [0, 0.05) is 11.5 Å². The van der Waals surface area contributed by atoms with Crippen LogP contribution in [0.15, 0.2) is 30.9 Å². The maximum absolute atomic E-state index is 11.4. The number of aliphatic hydroxyl groups is 1. The van der Waals surface area contributed by atoms with Gasteiger partial charge in [0.25, 0.3) is 0 Å². The van der Waals surface area contributed by atoms with Gasteiger partial charge in [-0.1, -0.05) is 12.1 Å². The summed E-state index contributed by atoms with van der Waals surface area (Å²) in [5, 5.41) is 11.4. The third kappa shape index (κ3) is 1.87. The van der Waals surface area contributed by atoms with Gasteiger partial charge in [0.15, 0.2) is 0 Å². The molecule has 0 saturated carbocycles. The number of likely N-dealkylation sites (N-methyl/N-ethyl adjacent to an activating group) is 1. The van der Waals surface area contributed by atoms with Gasteiger partial charge >= 0.3 is 0 Å². The van der Waals surface area contributed by atoms with Crippen LogP contribution in [-0.2, 0) is 11.8 Å². The van der Waals surface area contributed by atoms with Crippen molar-refractivity contribution in [1.82, 2.24) is 4.90 Å². The maximum atomic E-state index is 11.4. The molecule has 0 amide bonds. The summed E-state index contributed by atoms with van der Waals surface area (Å²) in [6.07, 6.45) is 4.58. The molecule has 0 spiro atoms. The first-order valence-electron chi connectivity index (χ1n) is 7.67. The molecule has 1 fully saturated rings. The van der Waals surface area contributed by atoms with Gasteiger partial charge in [-0.05, 0) is 63.0 Å². The number of likely N-dealkylation sites (tertiary alicyclic amines) is 1. The maximum Gasteiger partial charge on any atom is 0.119 e. The monoisotopic (exact) mass is 287 g/mol. The lowest BCUT2D eigenvalue weighted by atomic mass is 9.54. The van der Waals surface area contributed by atoms with Crippen LogP contribution in [0, 0.1) is 0 Å². The molecule has 2 aliphatic rings. The zero-order valence-corrected chi connectivity index (χ0v) is 13.2. The smallest absolute Gasteiger partial charge is 0.119 e. The van der Waals surface area contributed by atoms with Crippen molar-refractivity contribution in [2.24, 2.45) is 0 Å². The van der Waals surface area contributed by atoms with E-state index in [9.17, 15) is 5.11 Å². The standard InChI is InChI=1S/C18H25NO2/c1-5-8-18-9-10-19(3)16(17(18,2)20)11-13-6-7-14(21-4)12-15(13)18/h5-7,12,16,20H,1,8-11H2,2-4H3/t16-,17+,18+/m1/s1. The van der Waals surface area contributed by atoms with Crippen molar-refractivity contribution >= 4 is 0 Å². The molecule has 0 aromatic heterocycles. The molecular weight excluding hydrogens is 262 g/mol. The Morgan fingerprint density at radius 1 is 1.52 bits per heavy atom. The minimum Gasteiger partial charge on any atom is -0.497 e. The predicted octanol–water partition coefficient (Wildman–Crippen LogP) is 2.52. The number of rotatable bonds is 3. The van der Waals surface area contributed by atoms with Crippen molar-refractivity contribution in [2.75, 3.05) is 20.7 Å². The van der Waals surface area contributed by atoms with Gasteiger partial charge in [0.1, 0.15) is 5.75 Å². The molecule has 1 aliphatic carbocycles. The first kappa shape index (κ1) is 14.6. The van der Waals surface area contributed by atoms with E-state index in [-0.39, 0.29) is 11.5 Å². The van der Waals surface area contributed by atoms with Gasteiger partial charge in [-0.3, -0.25) is 0 Å². The highest BCUT2D eigenvalue weighted by atomic mass is 16.5. The Hall–Kier alpha value is -1.32. The highest BCUT2D eigenvalue weighted by Crippen LogP contribution is 2.53. The lowest BCUT2D eigenvalue weighted by molar-refractivity contribution is -0.127. The summed E-state index contributed by atoms with van der Waals surface area (Å²) < 4.78 is 5.41. The average molecular weight is 287 g/mol. The summed E-state index contributed by atoms with van der Waals surface area (Å²) in [4.78, 5) is 2.30. The zero-order chi connectivity index (χ0) is 15.3. The highest BCUT2D eigenvalue weighted by molar-refractivity contribution is 5.48. The lowest BCUT2D eigenvalue weighted by Crippen LogP contribution is -2.69. The molecule has 1 saturated heterocycles. The number of allylic oxidation sites excluding steroid dienone is 1. The fourth-order valence-corrected chi connectivity index (χ4v) is 4.47. The third-order valence-corrected chi connectivity index (χ3v) is 5.78. The molecule has 1 heterocycles. The van der Waals surface area contributed by atoms with E-state index in [0.717, 1.165) is 31.6 Å². The van der Waals surface area contributed by atoms with Gasteiger partial charge in [0.2, 0.25) is 0 Å². The van der Waals surface area contributed by atoms with E-state index >= 15 is 0 Å². The number of nitrogens with zero attached hydrogens (tertiary/aromatic N) is 1. The van der Waals surface area contributed by atoms with Crippen LogP contribution in [0.3, 0.4) is 0 Å². The second-order valence-corrected chi connectivity index (χ2v) is 6.70. The number of hydrogen-bond acceptors (Lipinski definition) is 3. The predicted molar refractivity (Wildman–Crippen MR) is 84.8 cm³/mol. The van der Waals surface area contributed by atoms with Crippen molar-refractivity contribution < 1.29 is 9.84 Å². The van der Waals surface area contributed by atoms with E-state index in [2.05, 4.69) is 30.7 Å². The van der Waals surface area contributed by atoms with Gasteiger partial charge < -0.3 is 14.7 Å². The number of ether oxygens (including phenoxy) is 1. The molecule has 21 heavy (non-hydrogen) atoms. The highest BCUT2D eigenvalue weighted by Gasteiger charge is 2.59. The van der Waals surface area contributed by atoms with Gasteiger partial charge in [-0.25, -0.2) is 0 Å². The zero-order valence-electron chi connectivity index (χ0n) is 13.2. The first-order chi connectivity index (χ1) is 9.96. The molecule has 3 atom stereocenters. The molecule has 1 aromatic carbocycles. The Morgan fingerprint density at radius 3 is 2.95 bits per heavy atom. The van der Waals surface area contributed by atoms with Gasteiger partial charge in [-0.15, -0.1) is 6.58 Å². The molecule has 3 nitrogen and oxygen atoms in total. The topological polar surface area (TPSA) is 32.7 Å². The Kier molecular flexibility index (Phi) is 3.38. The summed E-state index contributed by atoms with van der Waals surface area (Å²) in [7, 11) is 3.81. The molecule has 1 aliphatic heterocycles. The first-order valence-corrected chi connectivity index (χ1v) is 7.67. The fourth-order valence-electron chi connectivity index (χ4n) is 4.47. The average Bonchev–Trinajstić information content (AvgIpc) is 2.45. The van der Waals surface area contributed by atoms with Crippen LogP contribution >= 0.6 is 0 Å². The quantitative estimate of drug-likeness (QED) is 0.867. The minimum atomic E-state index is -0.756. The molecular formula is C18H25NO2. The van der Waals surface area contributed by atoms with E-state index < -0.39 is 5.60 Å².